The average molecular weight is 410 g/mol. The number of phenolic OH excluding ortho intramolecular Hbond substituents is 1. The Morgan fingerprint density at radius 1 is 0.952 bits per heavy atom. The summed E-state index contributed by atoms with van der Waals surface area (Å²) in [6, 6.07) is 6.28. The number of rotatable bonds is 3. The topological polar surface area (TPSA) is 20.2 Å². The van der Waals surface area contributed by atoms with Gasteiger partial charge in [-0.05, 0) is 71.2 Å². The first kappa shape index (κ1) is 15.1. The quantitative estimate of drug-likeness (QED) is 0.521. The lowest BCUT2D eigenvalue weighted by Gasteiger charge is -2.09. The van der Waals surface area contributed by atoms with E-state index in [9.17, 15) is 5.11 Å². The Morgan fingerprint density at radius 2 is 1.62 bits per heavy atom. The van der Waals surface area contributed by atoms with Crippen molar-refractivity contribution in [3.8, 4) is 5.75 Å². The molecule has 0 radical (unpaired) electrons. The smallest absolute Gasteiger partial charge is 0.120 e. The monoisotopic (exact) mass is 410 g/mol. The third-order valence-corrected chi connectivity index (χ3v) is 6.89. The summed E-state index contributed by atoms with van der Waals surface area (Å²) >= 11 is 4.34. The number of thiophene rings is 1. The molecule has 3 heteroatoms. The number of benzene rings is 2. The van der Waals surface area contributed by atoms with E-state index in [0.717, 1.165) is 24.8 Å². The van der Waals surface area contributed by atoms with Gasteiger partial charge in [-0.1, -0.05) is 20.8 Å². The van der Waals surface area contributed by atoms with E-state index in [1.165, 1.54) is 34.9 Å². The SMILES string of the molecule is CCc1cc2c(sc3c(CC)c(O)ccc32)c(CC)c1I. The molecule has 1 nitrogen and oxygen atoms in total. The highest BCUT2D eigenvalue weighted by Gasteiger charge is 2.16. The van der Waals surface area contributed by atoms with Gasteiger partial charge >= 0.3 is 0 Å². The van der Waals surface area contributed by atoms with Crippen molar-refractivity contribution in [2.75, 3.05) is 0 Å². The van der Waals surface area contributed by atoms with Gasteiger partial charge in [0.15, 0.2) is 0 Å². The molecule has 3 rings (SSSR count). The molecule has 0 saturated heterocycles. The van der Waals surface area contributed by atoms with Crippen LogP contribution in [0.4, 0.5) is 0 Å². The fourth-order valence-corrected chi connectivity index (χ4v) is 5.92. The molecule has 1 aromatic heterocycles. The van der Waals surface area contributed by atoms with Crippen molar-refractivity contribution in [2.45, 2.75) is 40.0 Å². The second-order valence-corrected chi connectivity index (χ2v) is 7.41. The molecule has 2 aromatic carbocycles. The van der Waals surface area contributed by atoms with E-state index >= 15 is 0 Å². The number of aromatic hydroxyl groups is 1. The second kappa shape index (κ2) is 5.76. The summed E-state index contributed by atoms with van der Waals surface area (Å²) in [4.78, 5) is 0. The standard InChI is InChI=1S/C18H19IOS/c1-4-10-9-14-13-7-8-15(20)11(5-2)17(13)21-18(14)12(6-3)16(10)19/h7-9,20H,4-6H2,1-3H3. The summed E-state index contributed by atoms with van der Waals surface area (Å²) < 4.78 is 4.07. The van der Waals surface area contributed by atoms with Crippen LogP contribution in [0.15, 0.2) is 18.2 Å². The highest BCUT2D eigenvalue weighted by molar-refractivity contribution is 14.1. The molecule has 110 valence electrons. The van der Waals surface area contributed by atoms with Crippen LogP contribution in [0.5, 0.6) is 5.75 Å². The van der Waals surface area contributed by atoms with Crippen molar-refractivity contribution in [2.24, 2.45) is 0 Å². The Kier molecular flexibility index (Phi) is 4.14. The Balaban J connectivity index is 2.51. The maximum absolute atomic E-state index is 10.1. The minimum atomic E-state index is 0.431. The van der Waals surface area contributed by atoms with Crippen LogP contribution in [0.2, 0.25) is 0 Å². The largest absolute Gasteiger partial charge is 0.508 e. The summed E-state index contributed by atoms with van der Waals surface area (Å²) in [6.07, 6.45) is 3.00. The number of fused-ring (bicyclic) bond motifs is 3. The van der Waals surface area contributed by atoms with Crippen LogP contribution in [-0.2, 0) is 19.3 Å². The Hall–Kier alpha value is -0.810. The van der Waals surface area contributed by atoms with Gasteiger partial charge in [-0.3, -0.25) is 0 Å². The molecule has 0 amide bonds. The van der Waals surface area contributed by atoms with Crippen LogP contribution >= 0.6 is 33.9 Å². The highest BCUT2D eigenvalue weighted by atomic mass is 127. The van der Waals surface area contributed by atoms with Gasteiger partial charge < -0.3 is 5.11 Å². The molecule has 21 heavy (non-hydrogen) atoms. The van der Waals surface area contributed by atoms with Crippen LogP contribution in [-0.4, -0.2) is 5.11 Å². The molecule has 1 N–H and O–H groups in total. The van der Waals surface area contributed by atoms with E-state index in [-0.39, 0.29) is 0 Å². The Morgan fingerprint density at radius 3 is 2.24 bits per heavy atom. The highest BCUT2D eigenvalue weighted by Crippen LogP contribution is 2.42. The molecule has 0 unspecified atom stereocenters. The third-order valence-electron chi connectivity index (χ3n) is 4.20. The normalized spacial score (nSPS) is 11.6. The first-order valence-corrected chi connectivity index (χ1v) is 9.39. The minimum absolute atomic E-state index is 0.431. The number of hydrogen-bond donors (Lipinski definition) is 1. The van der Waals surface area contributed by atoms with Gasteiger partial charge in [0.2, 0.25) is 0 Å². The summed E-state index contributed by atoms with van der Waals surface area (Å²) in [6.45, 7) is 6.57. The molecule has 0 spiro atoms. The first-order valence-electron chi connectivity index (χ1n) is 7.49. The lowest BCUT2D eigenvalue weighted by Crippen LogP contribution is -1.93. The molecular formula is C18H19IOS. The van der Waals surface area contributed by atoms with Gasteiger partial charge in [-0.2, -0.15) is 0 Å². The van der Waals surface area contributed by atoms with Gasteiger partial charge in [0.25, 0.3) is 0 Å². The van der Waals surface area contributed by atoms with Crippen LogP contribution in [0.25, 0.3) is 20.2 Å². The zero-order chi connectivity index (χ0) is 15.1. The molecular weight excluding hydrogens is 391 g/mol. The summed E-state index contributed by atoms with van der Waals surface area (Å²) in [5.41, 5.74) is 3.99. The van der Waals surface area contributed by atoms with Gasteiger partial charge in [-0.25, -0.2) is 0 Å². The van der Waals surface area contributed by atoms with E-state index in [1.807, 2.05) is 17.4 Å². The minimum Gasteiger partial charge on any atom is -0.508 e. The Bertz CT molecular complexity index is 832. The lowest BCUT2D eigenvalue weighted by molar-refractivity contribution is 0.470. The molecule has 0 fully saturated rings. The fraction of sp³-hybridized carbons (Fsp3) is 0.333. The molecule has 0 aliphatic rings. The molecule has 0 bridgehead atoms. The number of aryl methyl sites for hydroxylation is 3. The van der Waals surface area contributed by atoms with E-state index in [2.05, 4.69) is 55.5 Å². The molecule has 0 aliphatic carbocycles. The van der Waals surface area contributed by atoms with E-state index in [0.29, 0.717) is 5.75 Å². The lowest BCUT2D eigenvalue weighted by atomic mass is 10.0. The molecule has 0 aliphatic heterocycles. The van der Waals surface area contributed by atoms with Crippen LogP contribution in [0.1, 0.15) is 37.5 Å². The van der Waals surface area contributed by atoms with Crippen molar-refractivity contribution in [3.05, 3.63) is 38.5 Å². The summed E-state index contributed by atoms with van der Waals surface area (Å²) in [5, 5.41) is 12.8. The van der Waals surface area contributed by atoms with Crippen molar-refractivity contribution in [1.29, 1.82) is 0 Å². The van der Waals surface area contributed by atoms with Gasteiger partial charge in [0.1, 0.15) is 5.75 Å². The molecule has 1 heterocycles. The zero-order valence-electron chi connectivity index (χ0n) is 12.6. The predicted octanol–water partition coefficient (Wildman–Crippen LogP) is 6.05. The van der Waals surface area contributed by atoms with Crippen LogP contribution in [0, 0.1) is 3.57 Å². The number of hydrogen-bond acceptors (Lipinski definition) is 2. The van der Waals surface area contributed by atoms with Crippen molar-refractivity contribution in [3.63, 3.8) is 0 Å². The second-order valence-electron chi connectivity index (χ2n) is 5.31. The van der Waals surface area contributed by atoms with Gasteiger partial charge in [0, 0.05) is 29.3 Å². The molecule has 0 saturated carbocycles. The van der Waals surface area contributed by atoms with E-state index < -0.39 is 0 Å². The van der Waals surface area contributed by atoms with Crippen molar-refractivity contribution in [1.82, 2.24) is 0 Å². The van der Waals surface area contributed by atoms with E-state index in [1.54, 1.807) is 0 Å². The van der Waals surface area contributed by atoms with Crippen LogP contribution in [0.3, 0.4) is 0 Å². The first-order chi connectivity index (χ1) is 10.1. The van der Waals surface area contributed by atoms with Crippen LogP contribution < -0.4 is 0 Å². The number of halogens is 1. The summed E-state index contributed by atoms with van der Waals surface area (Å²) in [5.74, 6) is 0.431. The average Bonchev–Trinajstić information content (AvgIpc) is 2.84. The zero-order valence-corrected chi connectivity index (χ0v) is 15.6. The van der Waals surface area contributed by atoms with Crippen molar-refractivity contribution < 1.29 is 5.11 Å². The molecule has 3 aromatic rings. The molecule has 0 atom stereocenters. The summed E-state index contributed by atoms with van der Waals surface area (Å²) in [7, 11) is 0. The maximum atomic E-state index is 10.1. The van der Waals surface area contributed by atoms with Gasteiger partial charge in [-0.15, -0.1) is 11.3 Å². The van der Waals surface area contributed by atoms with Gasteiger partial charge in [0.05, 0.1) is 0 Å². The maximum Gasteiger partial charge on any atom is 0.120 e. The van der Waals surface area contributed by atoms with Crippen molar-refractivity contribution >= 4 is 54.1 Å². The predicted molar refractivity (Wildman–Crippen MR) is 102 cm³/mol. The number of phenols is 1. The Labute approximate surface area is 143 Å². The third kappa shape index (κ3) is 2.25. The van der Waals surface area contributed by atoms with E-state index in [4.69, 9.17) is 0 Å². The fourth-order valence-electron chi connectivity index (χ4n) is 3.04.